The molecular weight excluding hydrogens is 240 g/mol. The smallest absolute Gasteiger partial charge is 0.166 e. The molecule has 0 aliphatic heterocycles. The van der Waals surface area contributed by atoms with Gasteiger partial charge in [-0.1, -0.05) is 50.1 Å². The third kappa shape index (κ3) is 3.98. The molecule has 2 nitrogen and oxygen atoms in total. The van der Waals surface area contributed by atoms with Crippen LogP contribution >= 0.6 is 12.2 Å². The van der Waals surface area contributed by atoms with E-state index in [9.17, 15) is 0 Å². The molecule has 0 amide bonds. The molecule has 0 heterocycles. The molecule has 1 aliphatic rings. The minimum Gasteiger partial charge on any atom is -0.360 e. The maximum Gasteiger partial charge on any atom is 0.166 e. The second-order valence-electron chi connectivity index (χ2n) is 5.18. The second-order valence-corrected chi connectivity index (χ2v) is 5.59. The zero-order chi connectivity index (χ0) is 12.8. The molecular formula is C15H22N2S. The van der Waals surface area contributed by atoms with Gasteiger partial charge in [-0.15, -0.1) is 0 Å². The first-order chi connectivity index (χ1) is 8.75. The van der Waals surface area contributed by atoms with Crippen LogP contribution in [-0.4, -0.2) is 11.2 Å². The molecule has 0 unspecified atom stereocenters. The normalized spacial score (nSPS) is 23.4. The van der Waals surface area contributed by atoms with Crippen molar-refractivity contribution in [3.8, 4) is 0 Å². The summed E-state index contributed by atoms with van der Waals surface area (Å²) in [4.78, 5) is 0. The molecule has 0 radical (unpaired) electrons. The van der Waals surface area contributed by atoms with E-state index in [4.69, 9.17) is 12.2 Å². The predicted molar refractivity (Wildman–Crippen MR) is 80.4 cm³/mol. The largest absolute Gasteiger partial charge is 0.360 e. The summed E-state index contributed by atoms with van der Waals surface area (Å²) in [6.07, 6.45) is 5.25. The van der Waals surface area contributed by atoms with Crippen molar-refractivity contribution in [2.45, 2.75) is 45.2 Å². The van der Waals surface area contributed by atoms with Crippen LogP contribution in [0.3, 0.4) is 0 Å². The summed E-state index contributed by atoms with van der Waals surface area (Å²) in [5, 5.41) is 7.54. The zero-order valence-corrected chi connectivity index (χ0v) is 11.8. The average Bonchev–Trinajstić information content (AvgIpc) is 2.40. The fraction of sp³-hybridized carbons (Fsp3) is 0.533. The van der Waals surface area contributed by atoms with Gasteiger partial charge >= 0.3 is 0 Å². The fourth-order valence-corrected chi connectivity index (χ4v) is 2.75. The lowest BCUT2D eigenvalue weighted by molar-refractivity contribution is 0.308. The highest BCUT2D eigenvalue weighted by molar-refractivity contribution is 7.80. The Morgan fingerprint density at radius 1 is 1.22 bits per heavy atom. The van der Waals surface area contributed by atoms with Gasteiger partial charge in [-0.05, 0) is 36.5 Å². The van der Waals surface area contributed by atoms with Gasteiger partial charge in [-0.2, -0.15) is 0 Å². The quantitative estimate of drug-likeness (QED) is 0.818. The molecule has 3 heteroatoms. The van der Waals surface area contributed by atoms with Crippen molar-refractivity contribution in [3.05, 3.63) is 35.9 Å². The molecule has 2 N–H and O–H groups in total. The van der Waals surface area contributed by atoms with Crippen LogP contribution in [0.4, 0.5) is 0 Å². The van der Waals surface area contributed by atoms with Crippen LogP contribution in [0.5, 0.6) is 0 Å². The van der Waals surface area contributed by atoms with Crippen LogP contribution in [0.25, 0.3) is 0 Å². The number of nitrogens with one attached hydrogen (secondary N) is 2. The van der Waals surface area contributed by atoms with Gasteiger partial charge in [0.1, 0.15) is 0 Å². The fourth-order valence-electron chi connectivity index (χ4n) is 2.53. The van der Waals surface area contributed by atoms with Crippen molar-refractivity contribution in [2.75, 3.05) is 0 Å². The molecule has 0 spiro atoms. The van der Waals surface area contributed by atoms with Crippen molar-refractivity contribution in [1.82, 2.24) is 10.6 Å². The molecule has 2 atom stereocenters. The Morgan fingerprint density at radius 2 is 1.94 bits per heavy atom. The Bertz CT molecular complexity index is 377. The summed E-state index contributed by atoms with van der Waals surface area (Å²) >= 11 is 5.36. The molecule has 18 heavy (non-hydrogen) atoms. The third-order valence-electron chi connectivity index (χ3n) is 3.72. The van der Waals surface area contributed by atoms with Crippen LogP contribution in [0.15, 0.2) is 30.3 Å². The Labute approximate surface area is 115 Å². The standard InChI is InChI=1S/C15H22N2S/c1-12-7-5-6-10-14(12)17-15(18)16-11-13-8-3-2-4-9-13/h2-4,8-9,12,14H,5-7,10-11H2,1H3,(H2,16,17,18)/t12-,14+/m1/s1. The first kappa shape index (κ1) is 13.3. The van der Waals surface area contributed by atoms with E-state index in [1.165, 1.54) is 31.2 Å². The number of thiocarbonyl (C=S) groups is 1. The Balaban J connectivity index is 1.75. The second kappa shape index (κ2) is 6.74. The summed E-state index contributed by atoms with van der Waals surface area (Å²) in [6.45, 7) is 3.12. The number of hydrogen-bond acceptors (Lipinski definition) is 1. The van der Waals surface area contributed by atoms with Gasteiger partial charge in [0.25, 0.3) is 0 Å². The highest BCUT2D eigenvalue weighted by Gasteiger charge is 2.21. The van der Waals surface area contributed by atoms with Gasteiger partial charge in [-0.25, -0.2) is 0 Å². The van der Waals surface area contributed by atoms with E-state index in [0.29, 0.717) is 6.04 Å². The molecule has 1 fully saturated rings. The van der Waals surface area contributed by atoms with E-state index in [1.807, 2.05) is 6.07 Å². The number of benzene rings is 1. The summed E-state index contributed by atoms with van der Waals surface area (Å²) in [6, 6.07) is 10.9. The highest BCUT2D eigenvalue weighted by atomic mass is 32.1. The summed E-state index contributed by atoms with van der Waals surface area (Å²) in [5.41, 5.74) is 1.26. The third-order valence-corrected chi connectivity index (χ3v) is 3.99. The molecule has 1 aliphatic carbocycles. The van der Waals surface area contributed by atoms with Crippen molar-refractivity contribution in [2.24, 2.45) is 5.92 Å². The van der Waals surface area contributed by atoms with E-state index < -0.39 is 0 Å². The Hall–Kier alpha value is -1.09. The highest BCUT2D eigenvalue weighted by Crippen LogP contribution is 2.23. The lowest BCUT2D eigenvalue weighted by Gasteiger charge is -2.30. The van der Waals surface area contributed by atoms with E-state index in [0.717, 1.165) is 17.6 Å². The molecule has 1 aromatic carbocycles. The van der Waals surface area contributed by atoms with Gasteiger partial charge < -0.3 is 10.6 Å². The van der Waals surface area contributed by atoms with Gasteiger partial charge in [-0.3, -0.25) is 0 Å². The van der Waals surface area contributed by atoms with Crippen LogP contribution in [0.1, 0.15) is 38.2 Å². The molecule has 0 bridgehead atoms. The summed E-state index contributed by atoms with van der Waals surface area (Å²) in [7, 11) is 0. The van der Waals surface area contributed by atoms with Gasteiger partial charge in [0.05, 0.1) is 0 Å². The molecule has 2 rings (SSSR count). The van der Waals surface area contributed by atoms with Crippen molar-refractivity contribution in [1.29, 1.82) is 0 Å². The molecule has 98 valence electrons. The first-order valence-electron chi connectivity index (χ1n) is 6.84. The first-order valence-corrected chi connectivity index (χ1v) is 7.25. The molecule has 0 saturated heterocycles. The van der Waals surface area contributed by atoms with Crippen LogP contribution in [-0.2, 0) is 6.54 Å². The van der Waals surface area contributed by atoms with Gasteiger partial charge in [0.15, 0.2) is 5.11 Å². The minimum absolute atomic E-state index is 0.550. The maximum absolute atomic E-state index is 5.36. The van der Waals surface area contributed by atoms with Crippen LogP contribution in [0.2, 0.25) is 0 Å². The van der Waals surface area contributed by atoms with Crippen molar-refractivity contribution in [3.63, 3.8) is 0 Å². The van der Waals surface area contributed by atoms with Crippen molar-refractivity contribution < 1.29 is 0 Å². The summed E-state index contributed by atoms with van der Waals surface area (Å²) in [5.74, 6) is 0.732. The topological polar surface area (TPSA) is 24.1 Å². The maximum atomic E-state index is 5.36. The van der Waals surface area contributed by atoms with Crippen molar-refractivity contribution >= 4 is 17.3 Å². The van der Waals surface area contributed by atoms with E-state index >= 15 is 0 Å². The van der Waals surface area contributed by atoms with Gasteiger partial charge in [0.2, 0.25) is 0 Å². The van der Waals surface area contributed by atoms with Gasteiger partial charge in [0, 0.05) is 12.6 Å². The van der Waals surface area contributed by atoms with E-state index in [2.05, 4.69) is 41.8 Å². The molecule has 1 saturated carbocycles. The summed E-state index contributed by atoms with van der Waals surface area (Å²) < 4.78 is 0. The molecule has 1 aromatic rings. The lowest BCUT2D eigenvalue weighted by Crippen LogP contribution is -2.45. The molecule has 0 aromatic heterocycles. The Kier molecular flexibility index (Phi) is 5.00. The lowest BCUT2D eigenvalue weighted by atomic mass is 9.86. The SMILES string of the molecule is C[C@@H]1CCCC[C@@H]1NC(=S)NCc1ccccc1. The number of hydrogen-bond donors (Lipinski definition) is 2. The zero-order valence-electron chi connectivity index (χ0n) is 11.0. The predicted octanol–water partition coefficient (Wildman–Crippen LogP) is 3.23. The minimum atomic E-state index is 0.550. The van der Waals surface area contributed by atoms with Crippen LogP contribution < -0.4 is 10.6 Å². The number of rotatable bonds is 3. The van der Waals surface area contributed by atoms with E-state index in [-0.39, 0.29) is 0 Å². The van der Waals surface area contributed by atoms with Crippen LogP contribution in [0, 0.1) is 5.92 Å². The monoisotopic (exact) mass is 262 g/mol. The van der Waals surface area contributed by atoms with E-state index in [1.54, 1.807) is 0 Å². The Morgan fingerprint density at radius 3 is 2.67 bits per heavy atom. The average molecular weight is 262 g/mol.